The Morgan fingerprint density at radius 1 is 1.31 bits per heavy atom. The normalized spacial score (nSPS) is 14.8. The van der Waals surface area contributed by atoms with Crippen molar-refractivity contribution in [1.82, 2.24) is 0 Å². The van der Waals surface area contributed by atoms with Gasteiger partial charge in [0.05, 0.1) is 0 Å². The quantitative estimate of drug-likeness (QED) is 0.789. The molecule has 1 rings (SSSR count). The Kier molecular flexibility index (Phi) is 5.86. The van der Waals surface area contributed by atoms with Crippen LogP contribution in [-0.2, 0) is 0 Å². The first-order chi connectivity index (χ1) is 7.69. The summed E-state index contributed by atoms with van der Waals surface area (Å²) in [4.78, 5) is 0. The molecule has 0 amide bonds. The molecule has 2 heteroatoms. The predicted octanol–water partition coefficient (Wildman–Crippen LogP) is 4.24. The Morgan fingerprint density at radius 2 is 2.00 bits per heavy atom. The first-order valence-electron chi connectivity index (χ1n) is 6.04. The van der Waals surface area contributed by atoms with Gasteiger partial charge >= 0.3 is 0 Å². The molecular formula is C14H21ClO. The summed E-state index contributed by atoms with van der Waals surface area (Å²) in [5.41, 5.74) is 1.08. The molecule has 0 heterocycles. The highest BCUT2D eigenvalue weighted by atomic mass is 35.5. The van der Waals surface area contributed by atoms with Gasteiger partial charge < -0.3 is 5.11 Å². The van der Waals surface area contributed by atoms with Gasteiger partial charge in [-0.1, -0.05) is 56.5 Å². The molecule has 16 heavy (non-hydrogen) atoms. The van der Waals surface area contributed by atoms with E-state index in [2.05, 4.69) is 13.8 Å². The van der Waals surface area contributed by atoms with Crippen LogP contribution >= 0.6 is 11.6 Å². The monoisotopic (exact) mass is 240 g/mol. The Bertz CT molecular complexity index is 311. The number of rotatable bonds is 6. The lowest BCUT2D eigenvalue weighted by Crippen LogP contribution is -2.09. The van der Waals surface area contributed by atoms with Crippen molar-refractivity contribution in [2.45, 2.75) is 39.0 Å². The van der Waals surface area contributed by atoms with Gasteiger partial charge in [-0.25, -0.2) is 0 Å². The molecule has 1 aromatic rings. The molecule has 1 nitrogen and oxygen atoms in total. The lowest BCUT2D eigenvalue weighted by Gasteiger charge is -2.20. The first kappa shape index (κ1) is 13.5. The van der Waals surface area contributed by atoms with Crippen molar-refractivity contribution >= 4 is 11.6 Å². The minimum absolute atomic E-state index is 0.176. The summed E-state index contributed by atoms with van der Waals surface area (Å²) in [5.74, 6) is 0.814. The molecule has 0 radical (unpaired) electrons. The van der Waals surface area contributed by atoms with Crippen molar-refractivity contribution in [3.63, 3.8) is 0 Å². The Morgan fingerprint density at radius 3 is 2.56 bits per heavy atom. The number of hydrogen-bond donors (Lipinski definition) is 1. The third-order valence-corrected chi connectivity index (χ3v) is 3.38. The summed E-state index contributed by atoms with van der Waals surface area (Å²) < 4.78 is 0. The average molecular weight is 241 g/mol. The van der Waals surface area contributed by atoms with Gasteiger partial charge in [-0.2, -0.15) is 0 Å². The van der Waals surface area contributed by atoms with Crippen LogP contribution in [0.25, 0.3) is 0 Å². The van der Waals surface area contributed by atoms with Crippen LogP contribution in [0, 0.1) is 5.92 Å². The molecule has 0 saturated carbocycles. The molecule has 1 N–H and O–H groups in total. The van der Waals surface area contributed by atoms with Crippen LogP contribution in [0.2, 0.25) is 5.02 Å². The molecular weight excluding hydrogens is 220 g/mol. The van der Waals surface area contributed by atoms with E-state index in [4.69, 9.17) is 11.6 Å². The summed E-state index contributed by atoms with van der Waals surface area (Å²) >= 11 is 6.15. The fourth-order valence-electron chi connectivity index (χ4n) is 2.20. The molecule has 0 aliphatic rings. The molecule has 2 atom stereocenters. The lowest BCUT2D eigenvalue weighted by molar-refractivity contribution is 0.243. The SMILES string of the molecule is CCCC(C)CC(CO)c1ccccc1Cl. The summed E-state index contributed by atoms with van der Waals surface area (Å²) in [7, 11) is 0. The first-order valence-corrected chi connectivity index (χ1v) is 6.42. The fourth-order valence-corrected chi connectivity index (χ4v) is 2.49. The maximum Gasteiger partial charge on any atom is 0.0500 e. The zero-order valence-corrected chi connectivity index (χ0v) is 10.9. The van der Waals surface area contributed by atoms with Crippen molar-refractivity contribution in [2.24, 2.45) is 5.92 Å². The minimum atomic E-state index is 0.176. The molecule has 0 aliphatic carbocycles. The third-order valence-electron chi connectivity index (χ3n) is 3.03. The average Bonchev–Trinajstić information content (AvgIpc) is 2.27. The zero-order valence-electron chi connectivity index (χ0n) is 10.1. The number of benzene rings is 1. The van der Waals surface area contributed by atoms with E-state index in [1.54, 1.807) is 0 Å². The van der Waals surface area contributed by atoms with E-state index < -0.39 is 0 Å². The van der Waals surface area contributed by atoms with Gasteiger partial charge in [-0.05, 0) is 24.0 Å². The van der Waals surface area contributed by atoms with Crippen LogP contribution in [-0.4, -0.2) is 11.7 Å². The van der Waals surface area contributed by atoms with Crippen molar-refractivity contribution in [3.05, 3.63) is 34.9 Å². The summed E-state index contributed by atoms with van der Waals surface area (Å²) in [6.45, 7) is 4.61. The van der Waals surface area contributed by atoms with E-state index in [0.717, 1.165) is 17.0 Å². The Hall–Kier alpha value is -0.530. The van der Waals surface area contributed by atoms with Gasteiger partial charge in [-0.15, -0.1) is 0 Å². The molecule has 0 aliphatic heterocycles. The second-order valence-corrected chi connectivity index (χ2v) is 4.94. The van der Waals surface area contributed by atoms with E-state index in [-0.39, 0.29) is 12.5 Å². The maximum absolute atomic E-state index is 9.46. The largest absolute Gasteiger partial charge is 0.396 e. The number of hydrogen-bond acceptors (Lipinski definition) is 1. The van der Waals surface area contributed by atoms with Crippen LogP contribution in [0.4, 0.5) is 0 Å². The van der Waals surface area contributed by atoms with Crippen molar-refractivity contribution < 1.29 is 5.11 Å². The highest BCUT2D eigenvalue weighted by Gasteiger charge is 2.16. The predicted molar refractivity (Wildman–Crippen MR) is 70.0 cm³/mol. The standard InChI is InChI=1S/C14H21ClO/c1-3-6-11(2)9-12(10-16)13-7-4-5-8-14(13)15/h4-5,7-8,11-12,16H,3,6,9-10H2,1-2H3. The Labute approximate surface area is 103 Å². The minimum Gasteiger partial charge on any atom is -0.396 e. The molecule has 0 saturated heterocycles. The topological polar surface area (TPSA) is 20.2 Å². The van der Waals surface area contributed by atoms with Crippen LogP contribution in [0.1, 0.15) is 44.6 Å². The smallest absolute Gasteiger partial charge is 0.0500 e. The van der Waals surface area contributed by atoms with Gasteiger partial charge in [0, 0.05) is 17.5 Å². The summed E-state index contributed by atoms with van der Waals surface area (Å²) in [6, 6.07) is 7.82. The van der Waals surface area contributed by atoms with Crippen LogP contribution in [0.5, 0.6) is 0 Å². The molecule has 0 fully saturated rings. The van der Waals surface area contributed by atoms with Crippen LogP contribution in [0.3, 0.4) is 0 Å². The highest BCUT2D eigenvalue weighted by Crippen LogP contribution is 2.30. The fraction of sp³-hybridized carbons (Fsp3) is 0.571. The van der Waals surface area contributed by atoms with Crippen molar-refractivity contribution in [1.29, 1.82) is 0 Å². The molecule has 1 aromatic carbocycles. The van der Waals surface area contributed by atoms with E-state index >= 15 is 0 Å². The zero-order chi connectivity index (χ0) is 12.0. The van der Waals surface area contributed by atoms with Gasteiger partial charge in [0.25, 0.3) is 0 Å². The van der Waals surface area contributed by atoms with Gasteiger partial charge in [0.15, 0.2) is 0 Å². The molecule has 90 valence electrons. The Balaban J connectivity index is 2.71. The van der Waals surface area contributed by atoms with Gasteiger partial charge in [0.2, 0.25) is 0 Å². The second kappa shape index (κ2) is 6.93. The van der Waals surface area contributed by atoms with Gasteiger partial charge in [-0.3, -0.25) is 0 Å². The van der Waals surface area contributed by atoms with E-state index in [9.17, 15) is 5.11 Å². The van der Waals surface area contributed by atoms with Crippen molar-refractivity contribution in [3.8, 4) is 0 Å². The van der Waals surface area contributed by atoms with E-state index in [0.29, 0.717) is 5.92 Å². The molecule has 2 unspecified atom stereocenters. The number of halogens is 1. The lowest BCUT2D eigenvalue weighted by atomic mass is 9.88. The number of aliphatic hydroxyl groups excluding tert-OH is 1. The number of aliphatic hydroxyl groups is 1. The highest BCUT2D eigenvalue weighted by molar-refractivity contribution is 6.31. The molecule has 0 aromatic heterocycles. The second-order valence-electron chi connectivity index (χ2n) is 4.53. The van der Waals surface area contributed by atoms with Crippen molar-refractivity contribution in [2.75, 3.05) is 6.61 Å². The van der Waals surface area contributed by atoms with Crippen LogP contribution < -0.4 is 0 Å². The van der Waals surface area contributed by atoms with E-state index in [1.165, 1.54) is 12.8 Å². The third kappa shape index (κ3) is 3.80. The maximum atomic E-state index is 9.46. The summed E-state index contributed by atoms with van der Waals surface area (Å²) in [5, 5.41) is 10.2. The molecule has 0 bridgehead atoms. The van der Waals surface area contributed by atoms with Crippen LogP contribution in [0.15, 0.2) is 24.3 Å². The summed E-state index contributed by atoms with van der Waals surface area (Å²) in [6.07, 6.45) is 3.41. The van der Waals surface area contributed by atoms with E-state index in [1.807, 2.05) is 24.3 Å². The molecule has 0 spiro atoms. The van der Waals surface area contributed by atoms with Gasteiger partial charge in [0.1, 0.15) is 0 Å².